The largest absolute Gasteiger partial charge is 0.369 e. The van der Waals surface area contributed by atoms with Crippen LogP contribution in [0.4, 0.5) is 11.4 Å². The Morgan fingerprint density at radius 1 is 1.34 bits per heavy atom. The first-order valence-electron chi connectivity index (χ1n) is 9.38. The van der Waals surface area contributed by atoms with Crippen molar-refractivity contribution >= 4 is 50.9 Å². The zero-order valence-electron chi connectivity index (χ0n) is 16.9. The molecule has 0 fully saturated rings. The van der Waals surface area contributed by atoms with Gasteiger partial charge in [-0.25, -0.2) is 0 Å². The van der Waals surface area contributed by atoms with E-state index in [2.05, 4.69) is 54.0 Å². The van der Waals surface area contributed by atoms with Gasteiger partial charge in [-0.2, -0.15) is 5.26 Å². The maximum Gasteiger partial charge on any atom is 0.266 e. The summed E-state index contributed by atoms with van der Waals surface area (Å²) in [6, 6.07) is 13.1. The number of fused-ring (bicyclic) bond motifs is 1. The smallest absolute Gasteiger partial charge is 0.266 e. The van der Waals surface area contributed by atoms with E-state index in [1.54, 1.807) is 18.2 Å². The fourth-order valence-corrected chi connectivity index (χ4v) is 4.23. The Kier molecular flexibility index (Phi) is 6.07. The molecule has 150 valence electrons. The molecule has 2 aromatic rings. The van der Waals surface area contributed by atoms with Crippen LogP contribution in [0.5, 0.6) is 0 Å². The minimum atomic E-state index is -0.463. The maximum atomic E-state index is 12.6. The highest BCUT2D eigenvalue weighted by molar-refractivity contribution is 9.10. The van der Waals surface area contributed by atoms with Crippen molar-refractivity contribution in [3.63, 3.8) is 0 Å². The topological polar surface area (TPSA) is 56.1 Å². The van der Waals surface area contributed by atoms with Crippen LogP contribution in [0.25, 0.3) is 6.08 Å². The van der Waals surface area contributed by atoms with E-state index in [0.717, 1.165) is 16.6 Å². The summed E-state index contributed by atoms with van der Waals surface area (Å²) in [7, 11) is 2.07. The molecule has 0 radical (unpaired) electrons. The van der Waals surface area contributed by atoms with Crippen molar-refractivity contribution in [3.8, 4) is 6.07 Å². The summed E-state index contributed by atoms with van der Waals surface area (Å²) in [5, 5.41) is 12.8. The van der Waals surface area contributed by atoms with E-state index in [0.29, 0.717) is 22.2 Å². The zero-order valence-corrected chi connectivity index (χ0v) is 19.2. The summed E-state index contributed by atoms with van der Waals surface area (Å²) in [5.74, 6) is -0.113. The van der Waals surface area contributed by atoms with Gasteiger partial charge in [0.1, 0.15) is 11.6 Å². The van der Waals surface area contributed by atoms with Crippen molar-refractivity contribution in [2.24, 2.45) is 0 Å². The molecule has 0 spiro atoms. The Labute approximate surface area is 185 Å². The molecule has 0 bridgehead atoms. The van der Waals surface area contributed by atoms with E-state index >= 15 is 0 Å². The number of nitrogens with zero attached hydrogens (tertiary/aromatic N) is 2. The molecule has 0 saturated carbocycles. The van der Waals surface area contributed by atoms with Crippen LogP contribution in [0.1, 0.15) is 44.2 Å². The fourth-order valence-electron chi connectivity index (χ4n) is 3.75. The molecule has 2 aromatic carbocycles. The molecular weight excluding hydrogens is 450 g/mol. The van der Waals surface area contributed by atoms with E-state index in [-0.39, 0.29) is 11.1 Å². The minimum Gasteiger partial charge on any atom is -0.369 e. The molecule has 6 heteroatoms. The predicted molar refractivity (Wildman–Crippen MR) is 123 cm³/mol. The van der Waals surface area contributed by atoms with Crippen LogP contribution in [0.3, 0.4) is 0 Å². The van der Waals surface area contributed by atoms with Gasteiger partial charge in [-0.1, -0.05) is 34.5 Å². The van der Waals surface area contributed by atoms with Crippen molar-refractivity contribution < 1.29 is 4.79 Å². The van der Waals surface area contributed by atoms with Gasteiger partial charge >= 0.3 is 0 Å². The Bertz CT molecular complexity index is 1020. The van der Waals surface area contributed by atoms with Crippen molar-refractivity contribution in [3.05, 3.63) is 62.6 Å². The number of halogens is 2. The number of benzene rings is 2. The van der Waals surface area contributed by atoms with Gasteiger partial charge in [-0.05, 0) is 79.8 Å². The maximum absolute atomic E-state index is 12.6. The lowest BCUT2D eigenvalue weighted by Gasteiger charge is -2.45. The first-order valence-corrected chi connectivity index (χ1v) is 10.6. The number of hydrogen-bond acceptors (Lipinski definition) is 3. The van der Waals surface area contributed by atoms with E-state index < -0.39 is 5.91 Å². The van der Waals surface area contributed by atoms with Crippen LogP contribution in [-0.4, -0.2) is 18.5 Å². The van der Waals surface area contributed by atoms with Gasteiger partial charge in [0.05, 0.1) is 0 Å². The number of hydrogen-bond donors (Lipinski definition) is 1. The zero-order chi connectivity index (χ0) is 21.3. The number of nitrogens with one attached hydrogen (secondary N) is 1. The number of anilines is 2. The van der Waals surface area contributed by atoms with Gasteiger partial charge in [0.25, 0.3) is 5.91 Å². The average molecular weight is 473 g/mol. The van der Waals surface area contributed by atoms with Gasteiger partial charge in [0.15, 0.2) is 0 Å². The molecular formula is C23H23BrClN3O. The highest BCUT2D eigenvalue weighted by Gasteiger charge is 2.34. The Hall–Kier alpha value is -2.29. The lowest BCUT2D eigenvalue weighted by molar-refractivity contribution is -0.112. The van der Waals surface area contributed by atoms with Gasteiger partial charge < -0.3 is 10.2 Å². The highest BCUT2D eigenvalue weighted by Crippen LogP contribution is 2.44. The number of amides is 1. The highest BCUT2D eigenvalue weighted by atomic mass is 79.9. The van der Waals surface area contributed by atoms with Gasteiger partial charge in [0.2, 0.25) is 0 Å². The number of carbonyl (C=O) groups is 1. The molecule has 4 nitrogen and oxygen atoms in total. The molecule has 1 atom stereocenters. The molecule has 29 heavy (non-hydrogen) atoms. The molecule has 1 N–H and O–H groups in total. The third kappa shape index (κ3) is 4.49. The SMILES string of the molecule is CC1CC(C)(C)N(C)c2cc(Cl)c(/C=C(\C#N)C(=O)Nc3ccc(Br)cc3)cc21. The van der Waals surface area contributed by atoms with E-state index in [4.69, 9.17) is 11.6 Å². The quantitative estimate of drug-likeness (QED) is 0.417. The van der Waals surface area contributed by atoms with Crippen LogP contribution in [0.15, 0.2) is 46.4 Å². The molecule has 1 aliphatic heterocycles. The third-order valence-corrected chi connectivity index (χ3v) is 6.37. The summed E-state index contributed by atoms with van der Waals surface area (Å²) < 4.78 is 0.912. The van der Waals surface area contributed by atoms with Crippen LogP contribution < -0.4 is 10.2 Å². The Balaban J connectivity index is 1.94. The Morgan fingerprint density at radius 2 is 2.00 bits per heavy atom. The first kappa shape index (κ1) is 21.4. The predicted octanol–water partition coefficient (Wildman–Crippen LogP) is 6.37. The van der Waals surface area contributed by atoms with Crippen molar-refractivity contribution in [1.82, 2.24) is 0 Å². The van der Waals surface area contributed by atoms with E-state index in [1.165, 1.54) is 5.56 Å². The molecule has 1 amide bonds. The normalized spacial score (nSPS) is 18.0. The van der Waals surface area contributed by atoms with Crippen LogP contribution in [0, 0.1) is 11.3 Å². The second-order valence-corrected chi connectivity index (χ2v) is 9.36. The van der Waals surface area contributed by atoms with E-state index in [1.807, 2.05) is 30.3 Å². The third-order valence-electron chi connectivity index (χ3n) is 5.52. The van der Waals surface area contributed by atoms with Gasteiger partial charge in [-0.15, -0.1) is 0 Å². The summed E-state index contributed by atoms with van der Waals surface area (Å²) >= 11 is 9.89. The molecule has 1 heterocycles. The molecule has 0 saturated heterocycles. The molecule has 0 aromatic heterocycles. The van der Waals surface area contributed by atoms with Crippen LogP contribution in [-0.2, 0) is 4.79 Å². The second-order valence-electron chi connectivity index (χ2n) is 8.04. The molecule has 1 aliphatic rings. The van der Waals surface area contributed by atoms with Crippen molar-refractivity contribution in [2.75, 3.05) is 17.3 Å². The van der Waals surface area contributed by atoms with Crippen LogP contribution >= 0.6 is 27.5 Å². The molecule has 1 unspecified atom stereocenters. The summed E-state index contributed by atoms with van der Waals surface area (Å²) in [4.78, 5) is 14.8. The van der Waals surface area contributed by atoms with Gasteiger partial charge in [-0.3, -0.25) is 4.79 Å². The molecule has 0 aliphatic carbocycles. The van der Waals surface area contributed by atoms with Gasteiger partial charge in [0, 0.05) is 33.5 Å². The lowest BCUT2D eigenvalue weighted by atomic mass is 9.80. The lowest BCUT2D eigenvalue weighted by Crippen LogP contribution is -2.45. The van der Waals surface area contributed by atoms with E-state index in [9.17, 15) is 10.1 Å². The monoisotopic (exact) mass is 471 g/mol. The second kappa shape index (κ2) is 8.22. The summed E-state index contributed by atoms with van der Waals surface area (Å²) in [5.41, 5.74) is 3.60. The Morgan fingerprint density at radius 3 is 2.62 bits per heavy atom. The minimum absolute atomic E-state index is 0.00640. The molecule has 3 rings (SSSR count). The van der Waals surface area contributed by atoms with Crippen molar-refractivity contribution in [1.29, 1.82) is 5.26 Å². The average Bonchev–Trinajstić information content (AvgIpc) is 2.66. The number of rotatable bonds is 3. The standard InChI is InChI=1S/C23H23BrClN3O/c1-14-12-23(2,3)28(4)21-11-20(25)15(10-19(14)21)9-16(13-26)22(29)27-18-7-5-17(24)6-8-18/h5-11,14H,12H2,1-4H3,(H,27,29)/b16-9+. The van der Waals surface area contributed by atoms with Crippen LogP contribution in [0.2, 0.25) is 5.02 Å². The van der Waals surface area contributed by atoms with Crippen molar-refractivity contribution in [2.45, 2.75) is 38.6 Å². The number of carbonyl (C=O) groups excluding carboxylic acids is 1. The first-order chi connectivity index (χ1) is 13.6. The fraction of sp³-hybridized carbons (Fsp3) is 0.304. The summed E-state index contributed by atoms with van der Waals surface area (Å²) in [6.45, 7) is 6.63. The summed E-state index contributed by atoms with van der Waals surface area (Å²) in [6.07, 6.45) is 2.57. The number of nitriles is 1.